The van der Waals surface area contributed by atoms with E-state index < -0.39 is 0 Å². The molecule has 1 aromatic heterocycles. The number of hydrogen-bond donors (Lipinski definition) is 1. The summed E-state index contributed by atoms with van der Waals surface area (Å²) in [5, 5.41) is 6.85. The van der Waals surface area contributed by atoms with E-state index in [1.165, 1.54) is 24.4 Å². The summed E-state index contributed by atoms with van der Waals surface area (Å²) in [6.07, 6.45) is 3.29. The number of rotatable bonds is 5. The zero-order valence-electron chi connectivity index (χ0n) is 9.07. The van der Waals surface area contributed by atoms with Crippen molar-refractivity contribution in [2.45, 2.75) is 31.0 Å². The third-order valence-corrected chi connectivity index (χ3v) is 4.53. The molecule has 1 amide bonds. The molecule has 1 aliphatic rings. The summed E-state index contributed by atoms with van der Waals surface area (Å²) in [7, 11) is 0. The molecule has 1 atom stereocenters. The van der Waals surface area contributed by atoms with Crippen LogP contribution in [0.25, 0.3) is 0 Å². The minimum absolute atomic E-state index is 0.0445. The first-order chi connectivity index (χ1) is 7.72. The summed E-state index contributed by atoms with van der Waals surface area (Å²) in [4.78, 5) is 12.9. The normalized spacial score (nSPS) is 17.1. The number of alkyl halides is 1. The summed E-state index contributed by atoms with van der Waals surface area (Å²) in [5.74, 6) is 0.697. The van der Waals surface area contributed by atoms with Crippen molar-refractivity contribution in [1.82, 2.24) is 14.9 Å². The number of carbonyl (C=O) groups is 1. The standard InChI is InChI=1S/C10H14BrN3OS/c1-2-8-9(16-14-13-8)10(15)12-5-7(11)6-3-4-6/h6-7H,2-5H2,1H3,(H,12,15). The van der Waals surface area contributed by atoms with Crippen molar-refractivity contribution in [3.05, 3.63) is 10.6 Å². The summed E-state index contributed by atoms with van der Waals surface area (Å²) in [6.45, 7) is 2.66. The monoisotopic (exact) mass is 303 g/mol. The lowest BCUT2D eigenvalue weighted by Crippen LogP contribution is -2.30. The zero-order chi connectivity index (χ0) is 11.5. The second-order valence-electron chi connectivity index (χ2n) is 3.97. The largest absolute Gasteiger partial charge is 0.350 e. The SMILES string of the molecule is CCc1nnsc1C(=O)NCC(Br)C1CC1. The van der Waals surface area contributed by atoms with Gasteiger partial charge < -0.3 is 5.32 Å². The minimum Gasteiger partial charge on any atom is -0.350 e. The Kier molecular flexibility index (Phi) is 3.91. The quantitative estimate of drug-likeness (QED) is 0.847. The highest BCUT2D eigenvalue weighted by Crippen LogP contribution is 2.36. The maximum Gasteiger partial charge on any atom is 0.264 e. The molecule has 4 nitrogen and oxygen atoms in total. The Labute approximate surface area is 107 Å². The second-order valence-corrected chi connectivity index (χ2v) is 5.90. The Bertz CT molecular complexity index is 378. The van der Waals surface area contributed by atoms with Crippen LogP contribution in [0.2, 0.25) is 0 Å². The van der Waals surface area contributed by atoms with Gasteiger partial charge in [0.1, 0.15) is 4.88 Å². The Morgan fingerprint density at radius 2 is 2.44 bits per heavy atom. The molecule has 1 aromatic rings. The molecule has 1 N–H and O–H groups in total. The average Bonchev–Trinajstić information content (AvgIpc) is 3.03. The van der Waals surface area contributed by atoms with Crippen molar-refractivity contribution < 1.29 is 4.79 Å². The molecule has 88 valence electrons. The van der Waals surface area contributed by atoms with Crippen LogP contribution in [0, 0.1) is 5.92 Å². The summed E-state index contributed by atoms with van der Waals surface area (Å²) < 4.78 is 3.81. The van der Waals surface area contributed by atoms with Gasteiger partial charge in [-0.1, -0.05) is 27.3 Å². The zero-order valence-corrected chi connectivity index (χ0v) is 11.5. The fourth-order valence-electron chi connectivity index (χ4n) is 1.51. The van der Waals surface area contributed by atoms with E-state index in [0.29, 0.717) is 16.2 Å². The minimum atomic E-state index is -0.0445. The highest BCUT2D eigenvalue weighted by molar-refractivity contribution is 9.09. The molecule has 0 bridgehead atoms. The van der Waals surface area contributed by atoms with Crippen LogP contribution in [0.15, 0.2) is 0 Å². The highest BCUT2D eigenvalue weighted by Gasteiger charge is 2.29. The van der Waals surface area contributed by atoms with E-state index in [-0.39, 0.29) is 5.91 Å². The Morgan fingerprint density at radius 1 is 1.69 bits per heavy atom. The molecular formula is C10H14BrN3OS. The van der Waals surface area contributed by atoms with Gasteiger partial charge in [0, 0.05) is 11.4 Å². The van der Waals surface area contributed by atoms with Crippen LogP contribution in [0.1, 0.15) is 35.1 Å². The van der Waals surface area contributed by atoms with Crippen LogP contribution >= 0.6 is 27.5 Å². The highest BCUT2D eigenvalue weighted by atomic mass is 79.9. The molecule has 0 aliphatic heterocycles. The van der Waals surface area contributed by atoms with Gasteiger partial charge in [0.2, 0.25) is 0 Å². The summed E-state index contributed by atoms with van der Waals surface area (Å²) >= 11 is 4.76. The average molecular weight is 304 g/mol. The van der Waals surface area contributed by atoms with E-state index in [9.17, 15) is 4.79 Å². The number of aryl methyl sites for hydroxylation is 1. The van der Waals surface area contributed by atoms with Crippen molar-refractivity contribution in [2.24, 2.45) is 5.92 Å². The Hall–Kier alpha value is -0.490. The predicted molar refractivity (Wildman–Crippen MR) is 67.1 cm³/mol. The van der Waals surface area contributed by atoms with Gasteiger partial charge in [0.05, 0.1) is 5.69 Å². The van der Waals surface area contributed by atoms with Crippen LogP contribution < -0.4 is 5.32 Å². The van der Waals surface area contributed by atoms with Crippen LogP contribution in [0.3, 0.4) is 0 Å². The van der Waals surface area contributed by atoms with E-state index >= 15 is 0 Å². The third kappa shape index (κ3) is 2.79. The molecule has 1 saturated carbocycles. The van der Waals surface area contributed by atoms with Gasteiger partial charge in [-0.05, 0) is 36.7 Å². The van der Waals surface area contributed by atoms with Crippen molar-refractivity contribution in [3.8, 4) is 0 Å². The molecule has 0 aromatic carbocycles. The van der Waals surface area contributed by atoms with E-state index in [1.54, 1.807) is 0 Å². The van der Waals surface area contributed by atoms with E-state index in [4.69, 9.17) is 0 Å². The molecule has 2 rings (SSSR count). The number of carbonyl (C=O) groups excluding carboxylic acids is 1. The molecule has 0 saturated heterocycles. The lowest BCUT2D eigenvalue weighted by atomic mass is 10.2. The molecule has 0 spiro atoms. The topological polar surface area (TPSA) is 54.9 Å². The summed E-state index contributed by atoms with van der Waals surface area (Å²) in [6, 6.07) is 0. The number of amides is 1. The summed E-state index contributed by atoms with van der Waals surface area (Å²) in [5.41, 5.74) is 0.792. The first-order valence-electron chi connectivity index (χ1n) is 5.45. The number of hydrogen-bond acceptors (Lipinski definition) is 4. The van der Waals surface area contributed by atoms with E-state index in [1.807, 2.05) is 6.92 Å². The number of nitrogens with one attached hydrogen (secondary N) is 1. The Balaban J connectivity index is 1.87. The lowest BCUT2D eigenvalue weighted by Gasteiger charge is -2.09. The predicted octanol–water partition coefficient (Wildman–Crippen LogP) is 2.00. The van der Waals surface area contributed by atoms with Crippen LogP contribution in [-0.4, -0.2) is 26.9 Å². The van der Waals surface area contributed by atoms with Gasteiger partial charge >= 0.3 is 0 Å². The van der Waals surface area contributed by atoms with Crippen LogP contribution in [0.5, 0.6) is 0 Å². The lowest BCUT2D eigenvalue weighted by molar-refractivity contribution is 0.0956. The molecule has 1 aliphatic carbocycles. The fourth-order valence-corrected chi connectivity index (χ4v) is 2.86. The van der Waals surface area contributed by atoms with E-state index in [0.717, 1.165) is 18.0 Å². The maximum absolute atomic E-state index is 11.8. The first-order valence-corrected chi connectivity index (χ1v) is 7.14. The van der Waals surface area contributed by atoms with Crippen molar-refractivity contribution in [1.29, 1.82) is 0 Å². The van der Waals surface area contributed by atoms with Gasteiger partial charge in [-0.2, -0.15) is 0 Å². The second kappa shape index (κ2) is 5.23. The van der Waals surface area contributed by atoms with Crippen molar-refractivity contribution in [3.63, 3.8) is 0 Å². The van der Waals surface area contributed by atoms with Gasteiger partial charge in [-0.25, -0.2) is 0 Å². The van der Waals surface area contributed by atoms with Crippen molar-refractivity contribution >= 4 is 33.4 Å². The van der Waals surface area contributed by atoms with Gasteiger partial charge in [-0.3, -0.25) is 4.79 Å². The molecule has 1 heterocycles. The Morgan fingerprint density at radius 3 is 3.06 bits per heavy atom. The fraction of sp³-hybridized carbons (Fsp3) is 0.700. The maximum atomic E-state index is 11.8. The van der Waals surface area contributed by atoms with Crippen LogP contribution in [0.4, 0.5) is 0 Å². The number of nitrogens with zero attached hydrogens (tertiary/aromatic N) is 2. The number of aromatic nitrogens is 2. The van der Waals surface area contributed by atoms with Crippen LogP contribution in [-0.2, 0) is 6.42 Å². The first kappa shape index (κ1) is 12.0. The van der Waals surface area contributed by atoms with E-state index in [2.05, 4.69) is 30.8 Å². The smallest absolute Gasteiger partial charge is 0.264 e. The van der Waals surface area contributed by atoms with Crippen molar-refractivity contribution in [2.75, 3.05) is 6.54 Å². The molecule has 16 heavy (non-hydrogen) atoms. The van der Waals surface area contributed by atoms with Gasteiger partial charge in [-0.15, -0.1) is 5.10 Å². The molecule has 1 unspecified atom stereocenters. The molecular weight excluding hydrogens is 290 g/mol. The molecule has 6 heteroatoms. The third-order valence-electron chi connectivity index (χ3n) is 2.69. The van der Waals surface area contributed by atoms with Gasteiger partial charge in [0.15, 0.2) is 0 Å². The number of halogens is 1. The molecule has 1 fully saturated rings. The van der Waals surface area contributed by atoms with Gasteiger partial charge in [0.25, 0.3) is 5.91 Å². The molecule has 0 radical (unpaired) electrons.